The number of nitrogens with zero attached hydrogens (tertiary/aromatic N) is 1. The van der Waals surface area contributed by atoms with E-state index in [2.05, 4.69) is 0 Å². The molecule has 0 bridgehead atoms. The van der Waals surface area contributed by atoms with E-state index in [4.69, 9.17) is 9.47 Å². The van der Waals surface area contributed by atoms with Gasteiger partial charge in [-0.15, -0.1) is 0 Å². The van der Waals surface area contributed by atoms with Crippen LogP contribution in [0.15, 0.2) is 29.2 Å². The Morgan fingerprint density at radius 2 is 2.07 bits per heavy atom. The first kappa shape index (κ1) is 19.1. The van der Waals surface area contributed by atoms with Gasteiger partial charge in [-0.05, 0) is 30.0 Å². The first-order valence-electron chi connectivity index (χ1n) is 8.77. The molecule has 0 aliphatic carbocycles. The van der Waals surface area contributed by atoms with Crippen molar-refractivity contribution in [3.05, 3.63) is 51.6 Å². The molecule has 2 aromatic rings. The zero-order valence-corrected chi connectivity index (χ0v) is 15.5. The van der Waals surface area contributed by atoms with Crippen LogP contribution in [0.1, 0.15) is 35.8 Å². The van der Waals surface area contributed by atoms with Gasteiger partial charge in [0.1, 0.15) is 12.2 Å². The average molecular weight is 375 g/mol. The van der Waals surface area contributed by atoms with Crippen LogP contribution in [-0.4, -0.2) is 36.0 Å². The summed E-state index contributed by atoms with van der Waals surface area (Å²) >= 11 is 0. The van der Waals surface area contributed by atoms with E-state index in [9.17, 15) is 19.1 Å². The van der Waals surface area contributed by atoms with E-state index in [-0.39, 0.29) is 29.9 Å². The lowest BCUT2D eigenvalue weighted by Crippen LogP contribution is -2.28. The number of pyridine rings is 1. The summed E-state index contributed by atoms with van der Waals surface area (Å²) in [6, 6.07) is 4.24. The summed E-state index contributed by atoms with van der Waals surface area (Å²) in [7, 11) is 1.54. The van der Waals surface area contributed by atoms with Crippen LogP contribution in [0.5, 0.6) is 5.75 Å². The molecule has 1 N–H and O–H groups in total. The summed E-state index contributed by atoms with van der Waals surface area (Å²) in [6.07, 6.45) is 1.96. The maximum absolute atomic E-state index is 14.5. The van der Waals surface area contributed by atoms with Gasteiger partial charge in [-0.25, -0.2) is 9.18 Å². The SMILES string of the molecule is COCCOc1cc2c(cc1F)-c1cc(=O)c(C(=O)O)cn1C(C(C)C)C2. The zero-order chi connectivity index (χ0) is 19.7. The van der Waals surface area contributed by atoms with Crippen molar-refractivity contribution in [1.29, 1.82) is 0 Å². The van der Waals surface area contributed by atoms with E-state index in [0.29, 0.717) is 24.3 Å². The topological polar surface area (TPSA) is 77.8 Å². The predicted molar refractivity (Wildman–Crippen MR) is 98.0 cm³/mol. The number of carboxylic acid groups (broad SMARTS) is 1. The molecule has 6 nitrogen and oxygen atoms in total. The molecule has 1 aromatic heterocycles. The molecule has 0 amide bonds. The molecule has 144 valence electrons. The number of rotatable bonds is 6. The van der Waals surface area contributed by atoms with Gasteiger partial charge in [0, 0.05) is 31.0 Å². The van der Waals surface area contributed by atoms with Crippen molar-refractivity contribution < 1.29 is 23.8 Å². The average Bonchev–Trinajstić information content (AvgIpc) is 2.61. The van der Waals surface area contributed by atoms with E-state index in [1.807, 2.05) is 13.8 Å². The lowest BCUT2D eigenvalue weighted by molar-refractivity contribution is 0.0694. The second kappa shape index (κ2) is 7.52. The van der Waals surface area contributed by atoms with Crippen LogP contribution in [0.2, 0.25) is 0 Å². The number of halogens is 1. The number of carboxylic acids is 1. The van der Waals surface area contributed by atoms with Gasteiger partial charge < -0.3 is 19.1 Å². The van der Waals surface area contributed by atoms with Crippen LogP contribution < -0.4 is 10.2 Å². The van der Waals surface area contributed by atoms with Crippen LogP contribution >= 0.6 is 0 Å². The molecule has 3 rings (SSSR count). The zero-order valence-electron chi connectivity index (χ0n) is 15.5. The van der Waals surface area contributed by atoms with Crippen molar-refractivity contribution in [2.75, 3.05) is 20.3 Å². The van der Waals surface area contributed by atoms with Gasteiger partial charge in [0.15, 0.2) is 17.0 Å². The summed E-state index contributed by atoms with van der Waals surface area (Å²) in [5.74, 6) is -1.47. The van der Waals surface area contributed by atoms with Gasteiger partial charge in [0.2, 0.25) is 0 Å². The highest BCUT2D eigenvalue weighted by atomic mass is 19.1. The fourth-order valence-corrected chi connectivity index (χ4v) is 3.43. The number of hydrogen-bond donors (Lipinski definition) is 1. The Morgan fingerprint density at radius 1 is 1.33 bits per heavy atom. The number of benzene rings is 1. The molecule has 7 heteroatoms. The van der Waals surface area contributed by atoms with Crippen LogP contribution in [0.3, 0.4) is 0 Å². The van der Waals surface area contributed by atoms with Crippen LogP contribution in [0.25, 0.3) is 11.3 Å². The van der Waals surface area contributed by atoms with Crippen LogP contribution in [0, 0.1) is 11.7 Å². The first-order chi connectivity index (χ1) is 12.8. The molecule has 0 radical (unpaired) electrons. The quantitative estimate of drug-likeness (QED) is 0.785. The number of fused-ring (bicyclic) bond motifs is 3. The number of ether oxygens (including phenoxy) is 2. The Bertz CT molecular complexity index is 935. The smallest absolute Gasteiger partial charge is 0.341 e. The van der Waals surface area contributed by atoms with Crippen LogP contribution in [-0.2, 0) is 11.2 Å². The standard InChI is InChI=1S/C20H22FNO5/c1-11(2)16-6-12-7-19(27-5-4-26-3)15(21)8-13(12)17-9-18(23)14(20(24)25)10-22(16)17/h7-11,16H,4-6H2,1-3H3,(H,24,25). The molecule has 0 saturated heterocycles. The first-order valence-corrected chi connectivity index (χ1v) is 8.77. The molecule has 1 aliphatic heterocycles. The Hall–Kier alpha value is -2.67. The third kappa shape index (κ3) is 3.60. The molecule has 0 spiro atoms. The maximum Gasteiger partial charge on any atom is 0.341 e. The number of hydrogen-bond acceptors (Lipinski definition) is 4. The molecular formula is C20H22FNO5. The van der Waals surface area contributed by atoms with Gasteiger partial charge >= 0.3 is 5.97 Å². The summed E-state index contributed by atoms with van der Waals surface area (Å²) in [5, 5.41) is 9.27. The second-order valence-corrected chi connectivity index (χ2v) is 6.95. The minimum atomic E-state index is -1.27. The van der Waals surface area contributed by atoms with E-state index in [1.165, 1.54) is 18.3 Å². The lowest BCUT2D eigenvalue weighted by atomic mass is 9.87. The molecule has 0 saturated carbocycles. The number of aromatic carboxylic acids is 1. The molecule has 2 heterocycles. The third-order valence-corrected chi connectivity index (χ3v) is 4.84. The molecule has 0 fully saturated rings. The van der Waals surface area contributed by atoms with Gasteiger partial charge in [-0.3, -0.25) is 4.79 Å². The van der Waals surface area contributed by atoms with E-state index in [1.54, 1.807) is 17.7 Å². The summed E-state index contributed by atoms with van der Waals surface area (Å²) in [5.41, 5.74) is 1.09. The highest BCUT2D eigenvalue weighted by Crippen LogP contribution is 2.39. The van der Waals surface area contributed by atoms with E-state index >= 15 is 0 Å². The fraction of sp³-hybridized carbons (Fsp3) is 0.400. The van der Waals surface area contributed by atoms with Gasteiger partial charge in [0.05, 0.1) is 12.3 Å². The van der Waals surface area contributed by atoms with Gasteiger partial charge in [-0.2, -0.15) is 0 Å². The van der Waals surface area contributed by atoms with Crippen molar-refractivity contribution in [2.24, 2.45) is 5.92 Å². The molecule has 1 unspecified atom stereocenters. The van der Waals surface area contributed by atoms with Crippen molar-refractivity contribution in [1.82, 2.24) is 4.57 Å². The molecule has 1 atom stereocenters. The van der Waals surface area contributed by atoms with Crippen molar-refractivity contribution in [3.63, 3.8) is 0 Å². The number of methoxy groups -OCH3 is 1. The van der Waals surface area contributed by atoms with Gasteiger partial charge in [0.25, 0.3) is 0 Å². The van der Waals surface area contributed by atoms with E-state index in [0.717, 1.165) is 5.56 Å². The normalized spacial score (nSPS) is 15.4. The van der Waals surface area contributed by atoms with Crippen LogP contribution in [0.4, 0.5) is 4.39 Å². The molecular weight excluding hydrogens is 353 g/mol. The minimum Gasteiger partial charge on any atom is -0.488 e. The molecule has 1 aromatic carbocycles. The summed E-state index contributed by atoms with van der Waals surface area (Å²) in [6.45, 7) is 4.63. The number of carbonyl (C=O) groups is 1. The highest BCUT2D eigenvalue weighted by Gasteiger charge is 2.29. The Balaban J connectivity index is 2.14. The molecule has 1 aliphatic rings. The Morgan fingerprint density at radius 3 is 2.70 bits per heavy atom. The Kier molecular flexibility index (Phi) is 5.32. The summed E-state index contributed by atoms with van der Waals surface area (Å²) < 4.78 is 26.7. The largest absolute Gasteiger partial charge is 0.488 e. The van der Waals surface area contributed by atoms with Crippen molar-refractivity contribution >= 4 is 5.97 Å². The predicted octanol–water partition coefficient (Wildman–Crippen LogP) is 3.13. The van der Waals surface area contributed by atoms with Gasteiger partial charge in [-0.1, -0.05) is 13.8 Å². The Labute approximate surface area is 156 Å². The van der Waals surface area contributed by atoms with Crippen molar-refractivity contribution in [3.8, 4) is 17.0 Å². The summed E-state index contributed by atoms with van der Waals surface area (Å²) in [4.78, 5) is 23.6. The maximum atomic E-state index is 14.5. The number of aromatic nitrogens is 1. The lowest BCUT2D eigenvalue weighted by Gasteiger charge is -2.33. The fourth-order valence-electron chi connectivity index (χ4n) is 3.43. The minimum absolute atomic E-state index is 0.0523. The second-order valence-electron chi connectivity index (χ2n) is 6.95. The molecule has 27 heavy (non-hydrogen) atoms. The van der Waals surface area contributed by atoms with E-state index < -0.39 is 17.2 Å². The van der Waals surface area contributed by atoms with Crippen molar-refractivity contribution in [2.45, 2.75) is 26.3 Å². The highest BCUT2D eigenvalue weighted by molar-refractivity contribution is 5.87. The third-order valence-electron chi connectivity index (χ3n) is 4.84. The monoisotopic (exact) mass is 375 g/mol.